The lowest BCUT2D eigenvalue weighted by Gasteiger charge is -2.21. The molecule has 0 fully saturated rings. The maximum atomic E-state index is 13.2. The molecule has 0 aliphatic carbocycles. The van der Waals surface area contributed by atoms with Crippen LogP contribution in [0.1, 0.15) is 336 Å². The van der Waals surface area contributed by atoms with Crippen LogP contribution in [0.2, 0.25) is 0 Å². The van der Waals surface area contributed by atoms with Gasteiger partial charge in [-0.15, -0.1) is 0 Å². The number of phosphoric ester groups is 2. The molecule has 0 saturated heterocycles. The summed E-state index contributed by atoms with van der Waals surface area (Å²) in [4.78, 5) is 73.3. The first kappa shape index (κ1) is 106. The van der Waals surface area contributed by atoms with Crippen LogP contribution in [0, 0.1) is 0 Å². The highest BCUT2D eigenvalue weighted by Gasteiger charge is 2.30. The number of unbranched alkanes of at least 4 members (excludes halogenated alkanes) is 26. The van der Waals surface area contributed by atoms with E-state index in [1.807, 2.05) is 18.2 Å². The van der Waals surface area contributed by atoms with Crippen molar-refractivity contribution in [2.75, 3.05) is 39.6 Å². The first-order chi connectivity index (χ1) is 54.7. The number of esters is 4. The Hall–Kier alpha value is -5.58. The summed E-state index contributed by atoms with van der Waals surface area (Å²) in [5, 5.41) is 10.7. The topological polar surface area (TPSA) is 237 Å². The minimum Gasteiger partial charge on any atom is -0.462 e. The molecule has 0 aromatic rings. The average Bonchev–Trinajstić information content (AvgIpc) is 0.898. The van der Waals surface area contributed by atoms with Crippen LogP contribution in [-0.4, -0.2) is 96.7 Å². The van der Waals surface area contributed by atoms with Gasteiger partial charge in [0.2, 0.25) is 0 Å². The van der Waals surface area contributed by atoms with Crippen LogP contribution in [0.5, 0.6) is 0 Å². The molecule has 3 N–H and O–H groups in total. The molecule has 0 saturated carbocycles. The molecule has 638 valence electrons. The van der Waals surface area contributed by atoms with E-state index in [1.54, 1.807) is 0 Å². The molecular formula is C93H154O17P2. The van der Waals surface area contributed by atoms with Gasteiger partial charge in [0.1, 0.15) is 19.3 Å². The molecule has 0 aliphatic heterocycles. The molecule has 0 amide bonds. The number of carbonyl (C=O) groups is 4. The third-order valence-corrected chi connectivity index (χ3v) is 19.5. The third kappa shape index (κ3) is 82.4. The van der Waals surface area contributed by atoms with Crippen LogP contribution in [0.15, 0.2) is 170 Å². The summed E-state index contributed by atoms with van der Waals surface area (Å²) in [6, 6.07) is 0. The van der Waals surface area contributed by atoms with Gasteiger partial charge in [-0.3, -0.25) is 37.3 Å². The summed E-state index contributed by atoms with van der Waals surface area (Å²) in [5.41, 5.74) is 0. The molecule has 5 unspecified atom stereocenters. The number of aliphatic hydroxyl groups is 1. The van der Waals surface area contributed by atoms with Crippen molar-refractivity contribution in [1.82, 2.24) is 0 Å². The minimum atomic E-state index is -5.01. The van der Waals surface area contributed by atoms with Crippen molar-refractivity contribution in [2.24, 2.45) is 0 Å². The standard InChI is InChI=1S/C93H154O17P2/c1-5-9-13-17-21-25-29-33-37-40-43-46-50-53-57-61-65-69-73-77-90(95)103-83-88(109-92(97)79-75-71-67-63-59-55-49-36-32-28-24-20-16-12-8-4)85-107-111(99,100)105-81-87(94)82-106-112(101,102)108-86-89(110-93(98)80-76-72-68-64-60-56-52-48-45-42-39-35-31-27-23-19-15-11-7-3)84-104-91(96)78-74-70-66-62-58-54-51-47-44-41-38-34-30-26-22-18-14-10-6-2/h10,14,21-28,33-39,43-49,54,58,66,70,87-89,94H,5-9,11-13,15-20,29-32,40-42,50-53,55-57,59-65,67-69,71-86H2,1-4H3,(H,99,100)(H,101,102)/b14-10-,25-21-,26-22-,27-23-,28-24-,37-33-,38-34-,39-35-,46-43-,47-44-,48-45-,49-36-,58-54-,70-66-. The molecule has 0 bridgehead atoms. The highest BCUT2D eigenvalue weighted by Crippen LogP contribution is 2.45. The molecule has 19 heteroatoms. The molecule has 0 spiro atoms. The summed E-state index contributed by atoms with van der Waals surface area (Å²) in [7, 11) is -10.0. The number of carbonyl (C=O) groups excluding carboxylic acids is 4. The SMILES string of the molecule is CC/C=C\C/C=C\C/C=C\C/C=C\C/C=C\C/C=C\CCC(=O)OCC(COP(=O)(O)OCC(O)COP(=O)(O)OCC(COC(=O)CCCCCCCC/C=C\C/C=C\C/C=C\CCCCC)OC(=O)CCCCCCC/C=C\C/C=C\CCCCC)OC(=O)CCCCCCCC/C=C\C/C=C\C/C=C\CCCCC. The molecule has 5 atom stereocenters. The second-order valence-corrected chi connectivity index (χ2v) is 31.3. The van der Waals surface area contributed by atoms with Crippen LogP contribution in [0.4, 0.5) is 0 Å². The van der Waals surface area contributed by atoms with E-state index < -0.39 is 97.5 Å². The van der Waals surface area contributed by atoms with Crippen LogP contribution >= 0.6 is 15.6 Å². The zero-order valence-electron chi connectivity index (χ0n) is 70.0. The number of phosphoric acid groups is 2. The van der Waals surface area contributed by atoms with Crippen LogP contribution < -0.4 is 0 Å². The van der Waals surface area contributed by atoms with Gasteiger partial charge in [-0.05, 0) is 173 Å². The summed E-state index contributed by atoms with van der Waals surface area (Å²) in [6.07, 6.45) is 100. The van der Waals surface area contributed by atoms with Crippen molar-refractivity contribution in [2.45, 2.75) is 354 Å². The predicted octanol–water partition coefficient (Wildman–Crippen LogP) is 26.1. The molecule has 0 heterocycles. The first-order valence-electron chi connectivity index (χ1n) is 43.4. The van der Waals surface area contributed by atoms with Crippen molar-refractivity contribution < 1.29 is 80.2 Å². The van der Waals surface area contributed by atoms with Crippen LogP contribution in [-0.2, 0) is 65.4 Å². The molecule has 0 rings (SSSR count). The Morgan fingerprint density at radius 1 is 0.259 bits per heavy atom. The van der Waals surface area contributed by atoms with Crippen molar-refractivity contribution in [3.63, 3.8) is 0 Å². The van der Waals surface area contributed by atoms with Gasteiger partial charge in [-0.2, -0.15) is 0 Å². The highest BCUT2D eigenvalue weighted by molar-refractivity contribution is 7.47. The summed E-state index contributed by atoms with van der Waals surface area (Å²) < 4.78 is 68.8. The number of hydrogen-bond acceptors (Lipinski definition) is 15. The lowest BCUT2D eigenvalue weighted by atomic mass is 10.1. The van der Waals surface area contributed by atoms with E-state index in [0.29, 0.717) is 32.1 Å². The van der Waals surface area contributed by atoms with Gasteiger partial charge in [0.05, 0.1) is 26.4 Å². The van der Waals surface area contributed by atoms with Crippen molar-refractivity contribution in [3.8, 4) is 0 Å². The summed E-state index contributed by atoms with van der Waals surface area (Å²) in [6.45, 7) is 4.57. The molecule has 0 aliphatic rings. The van der Waals surface area contributed by atoms with Gasteiger partial charge in [0.15, 0.2) is 12.2 Å². The van der Waals surface area contributed by atoms with Gasteiger partial charge >= 0.3 is 39.5 Å². The largest absolute Gasteiger partial charge is 0.472 e. The molecule has 0 aromatic heterocycles. The second-order valence-electron chi connectivity index (χ2n) is 28.4. The molecule has 0 aromatic carbocycles. The Morgan fingerprint density at radius 3 is 0.768 bits per heavy atom. The monoisotopic (exact) mass is 1610 g/mol. The van der Waals surface area contributed by atoms with Gasteiger partial charge < -0.3 is 33.8 Å². The lowest BCUT2D eigenvalue weighted by Crippen LogP contribution is -2.30. The zero-order chi connectivity index (χ0) is 81.7. The van der Waals surface area contributed by atoms with Gasteiger partial charge in [0.25, 0.3) is 0 Å². The maximum absolute atomic E-state index is 13.2. The number of aliphatic hydroxyl groups excluding tert-OH is 1. The molecule has 112 heavy (non-hydrogen) atoms. The summed E-state index contributed by atoms with van der Waals surface area (Å²) >= 11 is 0. The van der Waals surface area contributed by atoms with E-state index in [9.17, 15) is 43.2 Å². The maximum Gasteiger partial charge on any atom is 0.472 e. The number of allylic oxidation sites excluding steroid dienone is 28. The Morgan fingerprint density at radius 2 is 0.482 bits per heavy atom. The normalized spacial score (nSPS) is 14.6. The van der Waals surface area contributed by atoms with E-state index in [1.165, 1.54) is 57.8 Å². The van der Waals surface area contributed by atoms with Crippen molar-refractivity contribution >= 4 is 39.5 Å². The number of ether oxygens (including phenoxy) is 4. The fraction of sp³-hybridized carbons (Fsp3) is 0.656. The van der Waals surface area contributed by atoms with Crippen LogP contribution in [0.3, 0.4) is 0 Å². The summed E-state index contributed by atoms with van der Waals surface area (Å²) in [5.74, 6) is -2.32. The van der Waals surface area contributed by atoms with E-state index in [2.05, 4.69) is 180 Å². The van der Waals surface area contributed by atoms with E-state index >= 15 is 0 Å². The average molecular weight is 1610 g/mol. The Labute approximate surface area is 680 Å². The fourth-order valence-corrected chi connectivity index (χ4v) is 12.6. The quantitative estimate of drug-likeness (QED) is 0.0169. The van der Waals surface area contributed by atoms with E-state index in [0.717, 1.165) is 193 Å². The van der Waals surface area contributed by atoms with Crippen molar-refractivity contribution in [3.05, 3.63) is 170 Å². The zero-order valence-corrected chi connectivity index (χ0v) is 71.8. The van der Waals surface area contributed by atoms with Gasteiger partial charge in [0, 0.05) is 25.7 Å². The second kappa shape index (κ2) is 83.4. The lowest BCUT2D eigenvalue weighted by molar-refractivity contribution is -0.161. The van der Waals surface area contributed by atoms with E-state index in [-0.39, 0.29) is 25.7 Å². The van der Waals surface area contributed by atoms with Gasteiger partial charge in [-0.1, -0.05) is 307 Å². The predicted molar refractivity (Wildman–Crippen MR) is 463 cm³/mol. The minimum absolute atomic E-state index is 0.0273. The van der Waals surface area contributed by atoms with Crippen LogP contribution in [0.25, 0.3) is 0 Å². The smallest absolute Gasteiger partial charge is 0.462 e. The molecular weight excluding hydrogens is 1450 g/mol. The Balaban J connectivity index is 5.49. The van der Waals surface area contributed by atoms with E-state index in [4.69, 9.17) is 37.0 Å². The molecule has 0 radical (unpaired) electrons. The first-order valence-corrected chi connectivity index (χ1v) is 46.4. The molecule has 17 nitrogen and oxygen atoms in total. The van der Waals surface area contributed by atoms with Crippen molar-refractivity contribution in [1.29, 1.82) is 0 Å². The fourth-order valence-electron chi connectivity index (χ4n) is 11.1. The third-order valence-electron chi connectivity index (χ3n) is 17.6. The number of hydrogen-bond donors (Lipinski definition) is 3. The highest BCUT2D eigenvalue weighted by atomic mass is 31.2. The number of rotatable bonds is 80. The Bertz CT molecular complexity index is 2790. The van der Waals surface area contributed by atoms with Gasteiger partial charge in [-0.25, -0.2) is 9.13 Å². The Kier molecular flexibility index (Phi) is 79.2.